The van der Waals surface area contributed by atoms with Gasteiger partial charge in [0.05, 0.1) is 0 Å². The predicted octanol–water partition coefficient (Wildman–Crippen LogP) is 2.82. The highest BCUT2D eigenvalue weighted by Crippen LogP contribution is 2.22. The molecule has 0 N–H and O–H groups in total. The fraction of sp³-hybridized carbons (Fsp3) is 0.294. The van der Waals surface area contributed by atoms with Crippen LogP contribution < -0.4 is 0 Å². The van der Waals surface area contributed by atoms with Gasteiger partial charge in [-0.15, -0.1) is 0 Å². The van der Waals surface area contributed by atoms with Crippen molar-refractivity contribution in [1.29, 1.82) is 0 Å². The highest BCUT2D eigenvalue weighted by Gasteiger charge is 2.33. The molecule has 0 atom stereocenters. The summed E-state index contributed by atoms with van der Waals surface area (Å²) in [5.74, 6) is -2.60. The Balaban J connectivity index is 2.05. The zero-order valence-electron chi connectivity index (χ0n) is 14.0. The minimum Gasteiger partial charge on any atom is -0.234 e. The van der Waals surface area contributed by atoms with E-state index in [9.17, 15) is 16.8 Å². The van der Waals surface area contributed by atoms with Crippen LogP contribution >= 0.6 is 0 Å². The fourth-order valence-corrected chi connectivity index (χ4v) is 4.89. The molecule has 2 rings (SSSR count). The Labute approximate surface area is 148 Å². The Kier molecular flexibility index (Phi) is 5.99. The molecule has 2 aromatic carbocycles. The van der Waals surface area contributed by atoms with Gasteiger partial charge in [0, 0.05) is 0 Å². The van der Waals surface area contributed by atoms with Crippen LogP contribution in [0.4, 0.5) is 0 Å². The second-order valence-corrected chi connectivity index (χ2v) is 9.08. The van der Waals surface area contributed by atoms with E-state index in [1.54, 1.807) is 60.7 Å². The van der Waals surface area contributed by atoms with E-state index in [2.05, 4.69) is 0 Å². The van der Waals surface area contributed by atoms with E-state index in [0.29, 0.717) is 11.1 Å². The van der Waals surface area contributed by atoms with E-state index in [-0.39, 0.29) is 11.5 Å². The molecule has 0 aliphatic rings. The summed E-state index contributed by atoms with van der Waals surface area (Å²) in [6.45, 7) is 2.50. The molecule has 0 aliphatic heterocycles. The van der Waals surface area contributed by atoms with Gasteiger partial charge in [-0.3, -0.25) is 0 Å². The number of hydrogen-bond donors (Lipinski definition) is 0. The molecular weight excluding hydrogens is 364 g/mol. The number of rotatable bonds is 8. The van der Waals surface area contributed by atoms with E-state index in [1.165, 1.54) is 13.8 Å². The van der Waals surface area contributed by atoms with Crippen LogP contribution in [0.15, 0.2) is 60.7 Å². The van der Waals surface area contributed by atoms with Crippen molar-refractivity contribution < 1.29 is 25.2 Å². The fourth-order valence-electron chi connectivity index (χ4n) is 2.24. The van der Waals surface area contributed by atoms with E-state index in [4.69, 9.17) is 8.37 Å². The highest BCUT2D eigenvalue weighted by molar-refractivity contribution is 7.86. The van der Waals surface area contributed by atoms with Gasteiger partial charge in [-0.2, -0.15) is 16.8 Å². The van der Waals surface area contributed by atoms with Gasteiger partial charge >= 0.3 is 0 Å². The van der Waals surface area contributed by atoms with Crippen LogP contribution in [0.25, 0.3) is 0 Å². The summed E-state index contributed by atoms with van der Waals surface area (Å²) in [5, 5.41) is 0. The Hall–Kier alpha value is -1.74. The lowest BCUT2D eigenvalue weighted by Gasteiger charge is -2.24. The van der Waals surface area contributed by atoms with Crippen molar-refractivity contribution in [3.8, 4) is 0 Å². The summed E-state index contributed by atoms with van der Waals surface area (Å²) >= 11 is 0. The van der Waals surface area contributed by atoms with Gasteiger partial charge in [0.25, 0.3) is 20.2 Å². The van der Waals surface area contributed by atoms with Crippen molar-refractivity contribution in [2.45, 2.75) is 31.1 Å². The van der Waals surface area contributed by atoms with Crippen LogP contribution in [0.3, 0.4) is 0 Å². The molecule has 0 radical (unpaired) electrons. The van der Waals surface area contributed by atoms with E-state index >= 15 is 0 Å². The molecule has 8 heteroatoms. The first-order valence-corrected chi connectivity index (χ1v) is 10.7. The molecule has 0 spiro atoms. The lowest BCUT2D eigenvalue weighted by molar-refractivity contribution is -0.0710. The second kappa shape index (κ2) is 7.65. The SMILES string of the molecule is CC(C)(OS(=O)(=O)Cc1ccccc1)OS(=O)(=O)Cc1ccccc1. The average molecular weight is 384 g/mol. The summed E-state index contributed by atoms with van der Waals surface area (Å²) < 4.78 is 58.6. The van der Waals surface area contributed by atoms with Gasteiger partial charge in [0.1, 0.15) is 11.5 Å². The summed E-state index contributed by atoms with van der Waals surface area (Å²) in [7, 11) is -8.05. The molecule has 0 saturated carbocycles. The van der Waals surface area contributed by atoms with Gasteiger partial charge in [-0.05, 0) is 25.0 Å². The van der Waals surface area contributed by atoms with Crippen molar-refractivity contribution in [1.82, 2.24) is 0 Å². The average Bonchev–Trinajstić information content (AvgIpc) is 2.45. The van der Waals surface area contributed by atoms with Crippen LogP contribution in [0, 0.1) is 0 Å². The maximum atomic E-state index is 12.2. The predicted molar refractivity (Wildman–Crippen MR) is 94.4 cm³/mol. The molecule has 0 aromatic heterocycles. The molecule has 2 aromatic rings. The van der Waals surface area contributed by atoms with Gasteiger partial charge in [-0.25, -0.2) is 8.37 Å². The zero-order valence-corrected chi connectivity index (χ0v) is 15.6. The highest BCUT2D eigenvalue weighted by atomic mass is 32.2. The van der Waals surface area contributed by atoms with Gasteiger partial charge in [-0.1, -0.05) is 60.7 Å². The van der Waals surface area contributed by atoms with Crippen LogP contribution in [-0.2, 0) is 40.1 Å². The molecular formula is C17H20O6S2. The Morgan fingerprint density at radius 2 is 1.00 bits per heavy atom. The molecule has 0 amide bonds. The maximum Gasteiger partial charge on any atom is 0.274 e. The Morgan fingerprint density at radius 1 is 0.680 bits per heavy atom. The van der Waals surface area contributed by atoms with Crippen molar-refractivity contribution in [2.75, 3.05) is 0 Å². The number of hydrogen-bond acceptors (Lipinski definition) is 6. The number of benzene rings is 2. The van der Waals surface area contributed by atoms with Gasteiger partial charge < -0.3 is 0 Å². The first kappa shape index (κ1) is 19.6. The quantitative estimate of drug-likeness (QED) is 0.514. The standard InChI is InChI=1S/C17H20O6S2/c1-17(2,22-24(18,19)13-15-9-5-3-6-10-15)23-25(20,21)14-16-11-7-4-8-12-16/h3-12H,13-14H2,1-2H3. The normalized spacial score (nSPS) is 12.9. The molecule has 6 nitrogen and oxygen atoms in total. The third kappa shape index (κ3) is 6.95. The molecule has 0 bridgehead atoms. The summed E-state index contributed by atoms with van der Waals surface area (Å²) in [4.78, 5) is 0. The Bertz CT molecular complexity index is 813. The third-order valence-electron chi connectivity index (χ3n) is 3.03. The second-order valence-electron chi connectivity index (χ2n) is 5.94. The van der Waals surface area contributed by atoms with Gasteiger partial charge in [0.2, 0.25) is 0 Å². The van der Waals surface area contributed by atoms with Crippen molar-refractivity contribution in [3.63, 3.8) is 0 Å². The third-order valence-corrected chi connectivity index (χ3v) is 5.71. The molecule has 0 heterocycles. The van der Waals surface area contributed by atoms with Crippen LogP contribution in [0.2, 0.25) is 0 Å². The molecule has 0 aliphatic carbocycles. The lowest BCUT2D eigenvalue weighted by Crippen LogP contribution is -2.34. The minimum atomic E-state index is -4.03. The summed E-state index contributed by atoms with van der Waals surface area (Å²) in [6.07, 6.45) is 0. The van der Waals surface area contributed by atoms with E-state index < -0.39 is 26.0 Å². The molecule has 0 saturated heterocycles. The monoisotopic (exact) mass is 384 g/mol. The Morgan fingerprint density at radius 3 is 1.32 bits per heavy atom. The molecule has 136 valence electrons. The largest absolute Gasteiger partial charge is 0.274 e. The lowest BCUT2D eigenvalue weighted by atomic mass is 10.2. The van der Waals surface area contributed by atoms with E-state index in [0.717, 1.165) is 0 Å². The first-order valence-electron chi connectivity index (χ1n) is 7.51. The van der Waals surface area contributed by atoms with Crippen molar-refractivity contribution >= 4 is 20.2 Å². The minimum absolute atomic E-state index is 0.376. The van der Waals surface area contributed by atoms with Crippen molar-refractivity contribution in [3.05, 3.63) is 71.8 Å². The summed E-state index contributed by atoms with van der Waals surface area (Å²) in [5.41, 5.74) is 1.07. The molecule has 0 unspecified atom stereocenters. The molecule has 0 fully saturated rings. The van der Waals surface area contributed by atoms with Crippen molar-refractivity contribution in [2.24, 2.45) is 0 Å². The van der Waals surface area contributed by atoms with E-state index in [1.807, 2.05) is 0 Å². The maximum absolute atomic E-state index is 12.2. The topological polar surface area (TPSA) is 86.7 Å². The summed E-state index contributed by atoms with van der Waals surface area (Å²) in [6, 6.07) is 16.9. The van der Waals surface area contributed by atoms with Crippen LogP contribution in [0.5, 0.6) is 0 Å². The first-order chi connectivity index (χ1) is 11.6. The van der Waals surface area contributed by atoms with Crippen LogP contribution in [0.1, 0.15) is 25.0 Å². The van der Waals surface area contributed by atoms with Crippen LogP contribution in [-0.4, -0.2) is 22.6 Å². The smallest absolute Gasteiger partial charge is 0.234 e. The van der Waals surface area contributed by atoms with Gasteiger partial charge in [0.15, 0.2) is 5.79 Å². The zero-order chi connectivity index (χ0) is 18.6. The molecule has 25 heavy (non-hydrogen) atoms.